The van der Waals surface area contributed by atoms with E-state index in [9.17, 15) is 28.8 Å². The fourth-order valence-corrected chi connectivity index (χ4v) is 4.06. The Balaban J connectivity index is 1.58. The minimum absolute atomic E-state index is 0.0231. The molecular formula is C36H38O18. The summed E-state index contributed by atoms with van der Waals surface area (Å²) in [6.07, 6.45) is -4.51. The molecule has 0 heterocycles. The molecule has 0 fully saturated rings. The molecule has 0 aliphatic carbocycles. The molecule has 0 spiro atoms. The van der Waals surface area contributed by atoms with Gasteiger partial charge in [0.05, 0.1) is 41.9 Å². The second-order valence-corrected chi connectivity index (χ2v) is 10.7. The van der Waals surface area contributed by atoms with Crippen molar-refractivity contribution in [2.75, 3.05) is 39.6 Å². The Bertz CT molecular complexity index is 1490. The first-order valence-electron chi connectivity index (χ1n) is 16.4. The zero-order valence-corrected chi connectivity index (χ0v) is 29.7. The number of rotatable bonds is 16. The quantitative estimate of drug-likeness (QED) is 0.0673. The molecule has 3 aromatic rings. The number of hydrogen-bond donors (Lipinski definition) is 0. The zero-order valence-electron chi connectivity index (χ0n) is 29.7. The maximum absolute atomic E-state index is 12.4. The highest BCUT2D eigenvalue weighted by Crippen LogP contribution is 2.25. The third-order valence-electron chi connectivity index (χ3n) is 7.00. The lowest BCUT2D eigenvalue weighted by molar-refractivity contribution is -0.217. The van der Waals surface area contributed by atoms with Crippen LogP contribution in [0.25, 0.3) is 0 Å². The van der Waals surface area contributed by atoms with E-state index in [1.165, 1.54) is 72.8 Å². The van der Waals surface area contributed by atoms with Gasteiger partial charge in [0.25, 0.3) is 0 Å². The molecule has 0 bridgehead atoms. The van der Waals surface area contributed by atoms with Gasteiger partial charge in [-0.05, 0) is 100.0 Å². The lowest BCUT2D eigenvalue weighted by Crippen LogP contribution is -2.39. The Kier molecular flexibility index (Phi) is 16.7. The summed E-state index contributed by atoms with van der Waals surface area (Å²) in [7, 11) is 0. The molecule has 0 unspecified atom stereocenters. The van der Waals surface area contributed by atoms with Crippen LogP contribution in [0.1, 0.15) is 65.2 Å². The van der Waals surface area contributed by atoms with E-state index in [4.69, 9.17) is 28.4 Å². The van der Waals surface area contributed by atoms with Crippen molar-refractivity contribution in [2.45, 2.75) is 34.1 Å². The summed E-state index contributed by atoms with van der Waals surface area (Å²) < 4.78 is 31.1. The molecule has 3 aromatic carbocycles. The lowest BCUT2D eigenvalue weighted by Gasteiger charge is -2.29. The maximum atomic E-state index is 12.4. The highest BCUT2D eigenvalue weighted by molar-refractivity contribution is 5.90. The molecule has 0 saturated carbocycles. The smallest absolute Gasteiger partial charge is 0.494 e. The number of carbonyl (C=O) groups excluding carboxylic acids is 6. The van der Waals surface area contributed by atoms with Crippen molar-refractivity contribution >= 4 is 36.4 Å². The molecule has 0 aliphatic rings. The van der Waals surface area contributed by atoms with Crippen LogP contribution in [0.4, 0.5) is 14.4 Å². The van der Waals surface area contributed by atoms with Crippen molar-refractivity contribution in [3.8, 4) is 17.2 Å². The van der Waals surface area contributed by atoms with Gasteiger partial charge in [-0.3, -0.25) is 0 Å². The number of benzene rings is 3. The first-order chi connectivity index (χ1) is 26.0. The van der Waals surface area contributed by atoms with Gasteiger partial charge in [-0.25, -0.2) is 43.7 Å². The third-order valence-corrected chi connectivity index (χ3v) is 7.00. The first-order valence-corrected chi connectivity index (χ1v) is 16.4. The number of hydrogen-bond acceptors (Lipinski definition) is 18. The molecule has 0 aliphatic heterocycles. The highest BCUT2D eigenvalue weighted by atomic mass is 17.2. The highest BCUT2D eigenvalue weighted by Gasteiger charge is 2.36. The van der Waals surface area contributed by atoms with Gasteiger partial charge < -0.3 is 28.4 Å². The maximum Gasteiger partial charge on any atom is 0.549 e. The molecule has 0 radical (unpaired) electrons. The Hall–Kier alpha value is -6.72. The molecule has 0 aromatic heterocycles. The van der Waals surface area contributed by atoms with Crippen LogP contribution in [0.15, 0.2) is 72.8 Å². The van der Waals surface area contributed by atoms with Gasteiger partial charge >= 0.3 is 36.4 Å². The summed E-state index contributed by atoms with van der Waals surface area (Å²) in [5.41, 5.74) is -1.47. The Morgan fingerprint density at radius 2 is 0.667 bits per heavy atom. The summed E-state index contributed by atoms with van der Waals surface area (Å²) in [6.45, 7) is 6.10. The van der Waals surface area contributed by atoms with Gasteiger partial charge in [-0.15, -0.1) is 0 Å². The predicted octanol–water partition coefficient (Wildman–Crippen LogP) is 6.35. The van der Waals surface area contributed by atoms with Crippen LogP contribution in [-0.4, -0.2) is 76.0 Å². The molecular weight excluding hydrogens is 720 g/mol. The minimum Gasteiger partial charge on any atom is -0.494 e. The Labute approximate surface area is 308 Å². The largest absolute Gasteiger partial charge is 0.549 e. The van der Waals surface area contributed by atoms with E-state index in [0.717, 1.165) is 0 Å². The van der Waals surface area contributed by atoms with Gasteiger partial charge in [0.1, 0.15) is 37.1 Å². The van der Waals surface area contributed by atoms with Gasteiger partial charge in [0.2, 0.25) is 0 Å². The van der Waals surface area contributed by atoms with Crippen molar-refractivity contribution in [1.82, 2.24) is 0 Å². The zero-order chi connectivity index (χ0) is 39.3. The van der Waals surface area contributed by atoms with E-state index in [1.807, 2.05) is 0 Å². The van der Waals surface area contributed by atoms with Crippen LogP contribution in [-0.2, 0) is 43.5 Å². The standard InChI is InChI=1S/C36H38O18/c1-5-36(21-46-33(40)52-49-30(37)24-9-15-27(16-10-24)43-6-2,22-47-34(41)53-50-31(38)25-11-17-28(18-12-25)44-7-3)23-48-35(42)54-51-32(39)26-13-19-29(20-14-26)45-8-4/h9-20H,5-8,21-23H2,1-4H3. The van der Waals surface area contributed by atoms with Crippen molar-refractivity contribution in [2.24, 2.45) is 5.41 Å². The van der Waals surface area contributed by atoms with Crippen molar-refractivity contribution in [3.05, 3.63) is 89.5 Å². The molecule has 290 valence electrons. The Morgan fingerprint density at radius 3 is 0.889 bits per heavy atom. The first kappa shape index (κ1) is 41.7. The van der Waals surface area contributed by atoms with Crippen LogP contribution < -0.4 is 14.2 Å². The monoisotopic (exact) mass is 758 g/mol. The summed E-state index contributed by atoms with van der Waals surface area (Å²) in [4.78, 5) is 101. The molecule has 3 rings (SSSR count). The van der Waals surface area contributed by atoms with E-state index >= 15 is 0 Å². The SMILES string of the molecule is CCOc1ccc(C(=O)OOC(=O)OCC(CC)(COC(=O)OOC(=O)c2ccc(OCC)cc2)COC(=O)OOC(=O)c2ccc(OCC)cc2)cc1. The van der Waals surface area contributed by atoms with E-state index in [2.05, 4.69) is 29.3 Å². The fraction of sp³-hybridized carbons (Fsp3) is 0.333. The van der Waals surface area contributed by atoms with Crippen LogP contribution in [0, 0.1) is 5.41 Å². The fourth-order valence-electron chi connectivity index (χ4n) is 4.06. The van der Waals surface area contributed by atoms with E-state index in [0.29, 0.717) is 37.1 Å². The van der Waals surface area contributed by atoms with E-state index in [-0.39, 0.29) is 23.1 Å². The van der Waals surface area contributed by atoms with Crippen LogP contribution in [0.3, 0.4) is 0 Å². The summed E-state index contributed by atoms with van der Waals surface area (Å²) in [5, 5.41) is 0. The van der Waals surface area contributed by atoms with Gasteiger partial charge in [0.15, 0.2) is 0 Å². The normalized spacial score (nSPS) is 10.4. The summed E-state index contributed by atoms with van der Waals surface area (Å²) in [6, 6.07) is 17.3. The van der Waals surface area contributed by atoms with Crippen LogP contribution in [0.2, 0.25) is 0 Å². The summed E-state index contributed by atoms with van der Waals surface area (Å²) in [5.74, 6) is -1.60. The van der Waals surface area contributed by atoms with Crippen molar-refractivity contribution in [1.29, 1.82) is 0 Å². The second-order valence-electron chi connectivity index (χ2n) is 10.7. The minimum atomic E-state index is -1.55. The van der Waals surface area contributed by atoms with Crippen molar-refractivity contribution in [3.63, 3.8) is 0 Å². The predicted molar refractivity (Wildman–Crippen MR) is 179 cm³/mol. The Morgan fingerprint density at radius 1 is 0.407 bits per heavy atom. The molecule has 0 saturated heterocycles. The lowest BCUT2D eigenvalue weighted by atomic mass is 9.88. The second kappa shape index (κ2) is 21.6. The average Bonchev–Trinajstić information content (AvgIpc) is 3.19. The van der Waals surface area contributed by atoms with Crippen LogP contribution >= 0.6 is 0 Å². The number of carbonyl (C=O) groups is 6. The van der Waals surface area contributed by atoms with E-state index < -0.39 is 61.6 Å². The van der Waals surface area contributed by atoms with E-state index in [1.54, 1.807) is 27.7 Å². The average molecular weight is 759 g/mol. The molecule has 0 atom stereocenters. The third kappa shape index (κ3) is 13.8. The molecule has 0 amide bonds. The summed E-state index contributed by atoms with van der Waals surface area (Å²) >= 11 is 0. The van der Waals surface area contributed by atoms with Gasteiger partial charge in [0, 0.05) is 0 Å². The molecule has 0 N–H and O–H groups in total. The number of ether oxygens (including phenoxy) is 6. The molecule has 18 heteroatoms. The van der Waals surface area contributed by atoms with Crippen LogP contribution in [0.5, 0.6) is 17.2 Å². The molecule has 18 nitrogen and oxygen atoms in total. The topological polar surface area (TPSA) is 213 Å². The van der Waals surface area contributed by atoms with Gasteiger partial charge in [-0.1, -0.05) is 6.92 Å². The van der Waals surface area contributed by atoms with Crippen molar-refractivity contribution < 1.29 is 86.5 Å². The molecule has 54 heavy (non-hydrogen) atoms. The van der Waals surface area contributed by atoms with Gasteiger partial charge in [-0.2, -0.15) is 14.4 Å².